The molecule has 1 saturated heterocycles. The van der Waals surface area contributed by atoms with Gasteiger partial charge in [-0.2, -0.15) is 0 Å². The largest absolute Gasteiger partial charge is 0.493 e. The molecule has 1 aromatic rings. The summed E-state index contributed by atoms with van der Waals surface area (Å²) in [4.78, 5) is 6.87. The predicted octanol–water partition coefficient (Wildman–Crippen LogP) is 2.99. The summed E-state index contributed by atoms with van der Waals surface area (Å²) in [5.41, 5.74) is 3.93. The smallest absolute Gasteiger partial charge is 0.191 e. The van der Waals surface area contributed by atoms with Crippen molar-refractivity contribution in [3.05, 3.63) is 41.5 Å². The van der Waals surface area contributed by atoms with Crippen molar-refractivity contribution in [2.75, 3.05) is 39.8 Å². The lowest BCUT2D eigenvalue weighted by atomic mass is 10.0. The molecule has 0 spiro atoms. The van der Waals surface area contributed by atoms with Gasteiger partial charge in [0.15, 0.2) is 5.96 Å². The second-order valence-electron chi connectivity index (χ2n) is 7.44. The van der Waals surface area contributed by atoms with E-state index in [0.717, 1.165) is 70.2 Å². The highest BCUT2D eigenvalue weighted by atomic mass is 127. The van der Waals surface area contributed by atoms with Gasteiger partial charge >= 0.3 is 0 Å². The summed E-state index contributed by atoms with van der Waals surface area (Å²) in [5.74, 6) is 1.96. The van der Waals surface area contributed by atoms with Gasteiger partial charge in [0, 0.05) is 45.7 Å². The van der Waals surface area contributed by atoms with E-state index in [2.05, 4.69) is 52.2 Å². The summed E-state index contributed by atoms with van der Waals surface area (Å²) in [6, 6.07) is 7.04. The summed E-state index contributed by atoms with van der Waals surface area (Å²) in [7, 11) is 1.85. The summed E-state index contributed by atoms with van der Waals surface area (Å²) in [6.07, 6.45) is 4.33. The Labute approximate surface area is 180 Å². The molecule has 0 radical (unpaired) electrons. The van der Waals surface area contributed by atoms with Crippen molar-refractivity contribution in [1.29, 1.82) is 0 Å². The number of benzene rings is 1. The third-order valence-corrected chi connectivity index (χ3v) is 5.11. The fraction of sp³-hybridized carbons (Fsp3) is 0.571. The molecule has 2 aliphatic heterocycles. The van der Waals surface area contributed by atoms with E-state index in [1.807, 2.05) is 7.05 Å². The molecule has 3 rings (SSSR count). The van der Waals surface area contributed by atoms with Crippen LogP contribution in [0, 0.1) is 0 Å². The van der Waals surface area contributed by atoms with Gasteiger partial charge in [-0.25, -0.2) is 0 Å². The lowest BCUT2D eigenvalue weighted by molar-refractivity contribution is 0.221. The van der Waals surface area contributed by atoms with Crippen LogP contribution in [-0.4, -0.2) is 56.7 Å². The second kappa shape index (κ2) is 10.9. The lowest BCUT2D eigenvalue weighted by Crippen LogP contribution is -2.49. The first-order valence-electron chi connectivity index (χ1n) is 9.72. The third kappa shape index (κ3) is 6.68. The molecule has 2 aliphatic rings. The number of halogens is 1. The molecule has 0 aliphatic carbocycles. The van der Waals surface area contributed by atoms with Gasteiger partial charge in [-0.3, -0.25) is 9.89 Å². The number of nitrogens with one attached hydrogen (secondary N) is 2. The quantitative estimate of drug-likeness (QED) is 0.282. The van der Waals surface area contributed by atoms with Gasteiger partial charge in [0.1, 0.15) is 5.75 Å². The molecule has 150 valence electrons. The Morgan fingerprint density at radius 2 is 2.11 bits per heavy atom. The molecule has 0 atom stereocenters. The predicted molar refractivity (Wildman–Crippen MR) is 124 cm³/mol. The molecular formula is C21H33IN4O. The van der Waals surface area contributed by atoms with Crippen LogP contribution in [0.4, 0.5) is 0 Å². The van der Waals surface area contributed by atoms with Gasteiger partial charge in [0.25, 0.3) is 0 Å². The maximum Gasteiger partial charge on any atom is 0.191 e. The Morgan fingerprint density at radius 1 is 1.33 bits per heavy atom. The first kappa shape index (κ1) is 22.0. The van der Waals surface area contributed by atoms with E-state index in [-0.39, 0.29) is 24.0 Å². The Morgan fingerprint density at radius 3 is 2.81 bits per heavy atom. The lowest BCUT2D eigenvalue weighted by Gasteiger charge is -2.33. The SMILES string of the molecule is C=C(C)CN1CCC(NC(=NC)NCCc2ccc3c(c2)CCO3)CC1.I. The summed E-state index contributed by atoms with van der Waals surface area (Å²) < 4.78 is 5.57. The standard InChI is InChI=1S/C21H32N4O.HI/c1-16(2)15-25-11-7-19(8-12-25)24-21(22-3)23-10-6-17-4-5-20-18(14-17)9-13-26-20;/h4-5,14,19H,1,6-13,15H2,2-3H3,(H2,22,23,24);1H. The van der Waals surface area contributed by atoms with Crippen LogP contribution in [0.5, 0.6) is 5.75 Å². The van der Waals surface area contributed by atoms with Crippen LogP contribution in [0.1, 0.15) is 30.9 Å². The monoisotopic (exact) mass is 484 g/mol. The molecule has 1 aromatic carbocycles. The van der Waals surface area contributed by atoms with Gasteiger partial charge in [-0.15, -0.1) is 24.0 Å². The Hall–Kier alpha value is -1.28. The van der Waals surface area contributed by atoms with Crippen LogP contribution < -0.4 is 15.4 Å². The highest BCUT2D eigenvalue weighted by molar-refractivity contribution is 14.0. The summed E-state index contributed by atoms with van der Waals surface area (Å²) in [5, 5.41) is 7.03. The number of aliphatic imine (C=N–C) groups is 1. The maximum absolute atomic E-state index is 5.57. The molecule has 2 N–H and O–H groups in total. The van der Waals surface area contributed by atoms with E-state index in [1.165, 1.54) is 16.7 Å². The van der Waals surface area contributed by atoms with E-state index in [1.54, 1.807) is 0 Å². The number of fused-ring (bicyclic) bond motifs is 1. The molecule has 5 nitrogen and oxygen atoms in total. The molecule has 6 heteroatoms. The molecule has 0 aromatic heterocycles. The molecule has 0 saturated carbocycles. The highest BCUT2D eigenvalue weighted by Crippen LogP contribution is 2.25. The topological polar surface area (TPSA) is 48.9 Å². The molecule has 0 bridgehead atoms. The summed E-state index contributed by atoms with van der Waals surface area (Å²) >= 11 is 0. The number of rotatable bonds is 6. The zero-order valence-electron chi connectivity index (χ0n) is 16.6. The summed E-state index contributed by atoms with van der Waals surface area (Å²) in [6.45, 7) is 11.1. The number of guanidine groups is 1. The average Bonchev–Trinajstić information content (AvgIpc) is 3.09. The molecule has 0 amide bonds. The van der Waals surface area contributed by atoms with Crippen LogP contribution in [0.2, 0.25) is 0 Å². The number of ether oxygens (including phenoxy) is 1. The Bertz CT molecular complexity index is 654. The molecule has 0 unspecified atom stereocenters. The van der Waals surface area contributed by atoms with Crippen LogP contribution >= 0.6 is 24.0 Å². The van der Waals surface area contributed by atoms with Crippen LogP contribution in [-0.2, 0) is 12.8 Å². The van der Waals surface area contributed by atoms with Gasteiger partial charge in [-0.1, -0.05) is 24.3 Å². The van der Waals surface area contributed by atoms with Gasteiger partial charge in [0.05, 0.1) is 6.61 Å². The first-order valence-corrected chi connectivity index (χ1v) is 9.72. The van der Waals surface area contributed by atoms with Gasteiger partial charge in [0.2, 0.25) is 0 Å². The molecule has 27 heavy (non-hydrogen) atoms. The second-order valence-corrected chi connectivity index (χ2v) is 7.44. The molecule has 1 fully saturated rings. The van der Waals surface area contributed by atoms with Crippen molar-refractivity contribution in [3.8, 4) is 5.75 Å². The van der Waals surface area contributed by atoms with Crippen molar-refractivity contribution in [2.45, 2.75) is 38.6 Å². The molecule has 2 heterocycles. The minimum absolute atomic E-state index is 0. The third-order valence-electron chi connectivity index (χ3n) is 5.11. The fourth-order valence-electron chi connectivity index (χ4n) is 3.73. The van der Waals surface area contributed by atoms with Gasteiger partial charge < -0.3 is 15.4 Å². The normalized spacial score (nSPS) is 17.6. The number of nitrogens with zero attached hydrogens (tertiary/aromatic N) is 2. The van der Waals surface area contributed by atoms with Crippen LogP contribution in [0.25, 0.3) is 0 Å². The van der Waals surface area contributed by atoms with Crippen molar-refractivity contribution >= 4 is 29.9 Å². The zero-order valence-corrected chi connectivity index (χ0v) is 18.9. The highest BCUT2D eigenvalue weighted by Gasteiger charge is 2.19. The van der Waals surface area contributed by atoms with E-state index in [0.29, 0.717) is 6.04 Å². The fourth-order valence-corrected chi connectivity index (χ4v) is 3.73. The van der Waals surface area contributed by atoms with Crippen LogP contribution in [0.15, 0.2) is 35.3 Å². The van der Waals surface area contributed by atoms with E-state index in [4.69, 9.17) is 4.74 Å². The Kier molecular flexibility index (Phi) is 8.89. The number of likely N-dealkylation sites (tertiary alicyclic amines) is 1. The molecular weight excluding hydrogens is 451 g/mol. The zero-order chi connectivity index (χ0) is 18.4. The maximum atomic E-state index is 5.57. The van der Waals surface area contributed by atoms with Crippen LogP contribution in [0.3, 0.4) is 0 Å². The van der Waals surface area contributed by atoms with E-state index in [9.17, 15) is 0 Å². The first-order chi connectivity index (χ1) is 12.6. The van der Waals surface area contributed by atoms with E-state index < -0.39 is 0 Å². The van der Waals surface area contributed by atoms with E-state index >= 15 is 0 Å². The average molecular weight is 484 g/mol. The number of hydrogen-bond donors (Lipinski definition) is 2. The Balaban J connectivity index is 0.00000261. The van der Waals surface area contributed by atoms with Crippen molar-refractivity contribution in [3.63, 3.8) is 0 Å². The number of piperidine rings is 1. The minimum atomic E-state index is 0. The van der Waals surface area contributed by atoms with Crippen molar-refractivity contribution in [2.24, 2.45) is 4.99 Å². The van der Waals surface area contributed by atoms with Crippen molar-refractivity contribution < 1.29 is 4.74 Å². The van der Waals surface area contributed by atoms with Crippen molar-refractivity contribution in [1.82, 2.24) is 15.5 Å². The minimum Gasteiger partial charge on any atom is -0.493 e. The van der Waals surface area contributed by atoms with Gasteiger partial charge in [-0.05, 0) is 43.4 Å². The number of hydrogen-bond acceptors (Lipinski definition) is 3.